The molecule has 9 nitrogen and oxygen atoms in total. The molecule has 5 rings (SSSR count). The smallest absolute Gasteiger partial charge is 0.295 e. The fraction of sp³-hybridized carbons (Fsp3) is 0.0476. The van der Waals surface area contributed by atoms with Crippen molar-refractivity contribution < 1.29 is 9.21 Å². The molecule has 2 N–H and O–H groups in total. The third-order valence-electron chi connectivity index (χ3n) is 4.44. The maximum absolute atomic E-state index is 12.9. The molecular formula is C21H15N7O2S. The van der Waals surface area contributed by atoms with Gasteiger partial charge in [0.05, 0.1) is 5.69 Å². The first-order valence-electron chi connectivity index (χ1n) is 9.29. The van der Waals surface area contributed by atoms with Crippen LogP contribution >= 0.6 is 11.3 Å². The summed E-state index contributed by atoms with van der Waals surface area (Å²) in [5.41, 5.74) is 3.51. The average molecular weight is 429 g/mol. The van der Waals surface area contributed by atoms with Crippen LogP contribution < -0.4 is 5.32 Å². The number of hydrogen-bond acceptors (Lipinski definition) is 8. The van der Waals surface area contributed by atoms with Gasteiger partial charge < -0.3 is 4.42 Å². The largest absolute Gasteiger partial charge is 0.435 e. The van der Waals surface area contributed by atoms with Gasteiger partial charge in [0, 0.05) is 29.6 Å². The van der Waals surface area contributed by atoms with Gasteiger partial charge in [-0.15, -0.1) is 11.3 Å². The molecule has 0 unspecified atom stereocenters. The second kappa shape index (κ2) is 7.92. The third-order valence-corrected chi connectivity index (χ3v) is 5.20. The molecule has 31 heavy (non-hydrogen) atoms. The van der Waals surface area contributed by atoms with Gasteiger partial charge in [-0.2, -0.15) is 5.10 Å². The quantitative estimate of drug-likeness (QED) is 0.429. The summed E-state index contributed by atoms with van der Waals surface area (Å²) in [6.45, 7) is 1.70. The summed E-state index contributed by atoms with van der Waals surface area (Å²) in [6, 6.07) is 13.1. The van der Waals surface area contributed by atoms with Crippen molar-refractivity contribution in [2.24, 2.45) is 0 Å². The topological polar surface area (TPSA) is 122 Å². The summed E-state index contributed by atoms with van der Waals surface area (Å²) >= 11 is 1.31. The van der Waals surface area contributed by atoms with E-state index in [1.54, 1.807) is 13.1 Å². The molecule has 1 amide bonds. The number of thiazole rings is 1. The van der Waals surface area contributed by atoms with Crippen LogP contribution in [0.2, 0.25) is 0 Å². The third kappa shape index (κ3) is 3.83. The molecule has 4 heterocycles. The Hall–Kier alpha value is -4.18. The number of H-pyrrole nitrogens is 1. The van der Waals surface area contributed by atoms with Crippen molar-refractivity contribution in [3.63, 3.8) is 0 Å². The number of aryl methyl sites for hydroxylation is 1. The fourth-order valence-electron chi connectivity index (χ4n) is 3.02. The number of oxazole rings is 1. The van der Waals surface area contributed by atoms with Crippen LogP contribution in [0.4, 0.5) is 5.13 Å². The van der Waals surface area contributed by atoms with E-state index in [1.807, 2.05) is 47.8 Å². The lowest BCUT2D eigenvalue weighted by Crippen LogP contribution is -2.12. The highest BCUT2D eigenvalue weighted by Gasteiger charge is 2.22. The molecule has 0 atom stereocenters. The van der Waals surface area contributed by atoms with E-state index >= 15 is 0 Å². The minimum Gasteiger partial charge on any atom is -0.435 e. The van der Waals surface area contributed by atoms with Crippen molar-refractivity contribution in [1.29, 1.82) is 0 Å². The number of benzene rings is 1. The number of aromatic nitrogens is 6. The lowest BCUT2D eigenvalue weighted by Gasteiger charge is -2.03. The molecule has 0 fully saturated rings. The number of nitrogens with one attached hydrogen (secondary N) is 2. The van der Waals surface area contributed by atoms with Crippen molar-refractivity contribution in [2.45, 2.75) is 6.92 Å². The number of carbonyl (C=O) groups is 1. The highest BCUT2D eigenvalue weighted by Crippen LogP contribution is 2.28. The number of hydrogen-bond donors (Lipinski definition) is 2. The first-order chi connectivity index (χ1) is 15.2. The number of carbonyl (C=O) groups excluding carboxylic acids is 1. The van der Waals surface area contributed by atoms with Crippen LogP contribution in [0.25, 0.3) is 34.0 Å². The number of rotatable bonds is 5. The van der Waals surface area contributed by atoms with Crippen molar-refractivity contribution in [1.82, 2.24) is 30.1 Å². The number of aromatic amines is 1. The molecule has 10 heteroatoms. The molecule has 0 spiro atoms. The minimum atomic E-state index is -0.420. The minimum absolute atomic E-state index is 0.125. The average Bonchev–Trinajstić information content (AvgIpc) is 3.56. The van der Waals surface area contributed by atoms with Gasteiger partial charge in [-0.25, -0.2) is 15.0 Å². The van der Waals surface area contributed by atoms with Gasteiger partial charge in [0.15, 0.2) is 16.8 Å². The maximum Gasteiger partial charge on any atom is 0.295 e. The van der Waals surface area contributed by atoms with E-state index < -0.39 is 5.91 Å². The summed E-state index contributed by atoms with van der Waals surface area (Å²) in [7, 11) is 0. The molecule has 0 aliphatic heterocycles. The van der Waals surface area contributed by atoms with E-state index in [9.17, 15) is 4.79 Å². The summed E-state index contributed by atoms with van der Waals surface area (Å²) in [5, 5.41) is 11.8. The van der Waals surface area contributed by atoms with Crippen LogP contribution in [0.1, 0.15) is 16.4 Å². The van der Waals surface area contributed by atoms with Crippen molar-refractivity contribution in [3.05, 3.63) is 72.0 Å². The van der Waals surface area contributed by atoms with Gasteiger partial charge in [-0.05, 0) is 12.1 Å². The molecule has 152 valence electrons. The van der Waals surface area contributed by atoms with Crippen LogP contribution in [-0.2, 0) is 0 Å². The molecule has 0 saturated heterocycles. The van der Waals surface area contributed by atoms with Crippen LogP contribution in [0, 0.1) is 6.92 Å². The molecule has 0 aliphatic carbocycles. The Kier molecular flexibility index (Phi) is 4.81. The van der Waals surface area contributed by atoms with Gasteiger partial charge in [0.25, 0.3) is 5.91 Å². The van der Waals surface area contributed by atoms with Crippen LogP contribution in [0.15, 0.2) is 64.8 Å². The lowest BCUT2D eigenvalue weighted by atomic mass is 10.1. The molecule has 1 aromatic carbocycles. The molecule has 0 saturated carbocycles. The Labute approximate surface area is 180 Å². The maximum atomic E-state index is 12.9. The molecule has 0 aliphatic rings. The van der Waals surface area contributed by atoms with E-state index in [2.05, 4.69) is 35.5 Å². The van der Waals surface area contributed by atoms with Gasteiger partial charge in [0.2, 0.25) is 5.76 Å². The molecule has 5 aromatic rings. The van der Waals surface area contributed by atoms with Crippen LogP contribution in [0.3, 0.4) is 0 Å². The number of pyridine rings is 1. The van der Waals surface area contributed by atoms with Crippen molar-refractivity contribution in [2.75, 3.05) is 5.32 Å². The predicted molar refractivity (Wildman–Crippen MR) is 115 cm³/mol. The lowest BCUT2D eigenvalue weighted by molar-refractivity contribution is 0.0996. The summed E-state index contributed by atoms with van der Waals surface area (Å²) in [4.78, 5) is 30.2. The van der Waals surface area contributed by atoms with E-state index in [0.717, 1.165) is 16.8 Å². The molecule has 4 aromatic heterocycles. The van der Waals surface area contributed by atoms with Crippen molar-refractivity contribution >= 4 is 22.4 Å². The SMILES string of the molecule is Cc1nc(-c2ccc(-c3ncn[nH]3)cc2)c(C(=O)Nc2nc(-c3ccccn3)cs2)o1. The van der Waals surface area contributed by atoms with Gasteiger partial charge >= 0.3 is 0 Å². The number of nitrogens with zero attached hydrogens (tertiary/aromatic N) is 5. The second-order valence-corrected chi connectivity index (χ2v) is 7.39. The Morgan fingerprint density at radius 1 is 1.03 bits per heavy atom. The van der Waals surface area contributed by atoms with Crippen molar-refractivity contribution in [3.8, 4) is 34.0 Å². The van der Waals surface area contributed by atoms with Gasteiger partial charge in [-0.1, -0.05) is 30.3 Å². The van der Waals surface area contributed by atoms with E-state index in [0.29, 0.717) is 28.2 Å². The highest BCUT2D eigenvalue weighted by molar-refractivity contribution is 7.14. The zero-order valence-electron chi connectivity index (χ0n) is 16.2. The Morgan fingerprint density at radius 2 is 1.87 bits per heavy atom. The van der Waals surface area contributed by atoms with E-state index in [1.165, 1.54) is 17.7 Å². The Morgan fingerprint density at radius 3 is 2.61 bits per heavy atom. The molecule has 0 bridgehead atoms. The Balaban J connectivity index is 1.39. The first kappa shape index (κ1) is 18.8. The number of amides is 1. The molecule has 0 radical (unpaired) electrons. The fourth-order valence-corrected chi connectivity index (χ4v) is 3.72. The van der Waals surface area contributed by atoms with Crippen LogP contribution in [0.5, 0.6) is 0 Å². The second-order valence-electron chi connectivity index (χ2n) is 6.53. The summed E-state index contributed by atoms with van der Waals surface area (Å²) < 4.78 is 5.61. The molecular weight excluding hydrogens is 414 g/mol. The monoisotopic (exact) mass is 429 g/mol. The zero-order chi connectivity index (χ0) is 21.2. The van der Waals surface area contributed by atoms with Crippen LogP contribution in [-0.4, -0.2) is 36.0 Å². The standard InChI is InChI=1S/C21H15N7O2S/c1-12-25-17(13-5-7-14(8-6-13)19-23-11-24-28-19)18(30-12)20(29)27-21-26-16(10-31-21)15-4-2-3-9-22-15/h2-11H,1H3,(H,23,24,28)(H,26,27,29). The van der Waals surface area contributed by atoms with E-state index in [-0.39, 0.29) is 5.76 Å². The van der Waals surface area contributed by atoms with E-state index in [4.69, 9.17) is 4.42 Å². The summed E-state index contributed by atoms with van der Waals surface area (Å²) in [6.07, 6.45) is 3.15. The van der Waals surface area contributed by atoms with Gasteiger partial charge in [-0.3, -0.25) is 20.2 Å². The van der Waals surface area contributed by atoms with Gasteiger partial charge in [0.1, 0.15) is 17.7 Å². The Bertz CT molecular complexity index is 1330. The predicted octanol–water partition coefficient (Wildman–Crippen LogP) is 4.21. The first-order valence-corrected chi connectivity index (χ1v) is 10.2. The normalized spacial score (nSPS) is 10.9. The summed E-state index contributed by atoms with van der Waals surface area (Å²) in [5.74, 6) is 0.762. The zero-order valence-corrected chi connectivity index (χ0v) is 17.1. The number of anilines is 1. The highest BCUT2D eigenvalue weighted by atomic mass is 32.1.